The molecule has 1 aliphatic rings. The number of rotatable bonds is 8. The molecule has 5 heteroatoms. The molecule has 1 fully saturated rings. The predicted molar refractivity (Wildman–Crippen MR) is 115 cm³/mol. The van der Waals surface area contributed by atoms with Crippen LogP contribution < -0.4 is 10.1 Å². The standard InChI is InChI=1S/C21H26Br2N2O/c1-2-25-10-6-9-18(25)14-24-13-17-11-19(22)21(20(23)12-17)26-15-16-7-4-3-5-8-16/h3-5,7-8,11-12,18,24H,2,6,9-10,13-15H2,1H3/t18-/m0/s1. The highest BCUT2D eigenvalue weighted by atomic mass is 79.9. The molecule has 2 aromatic rings. The summed E-state index contributed by atoms with van der Waals surface area (Å²) in [6.07, 6.45) is 2.63. The molecule has 140 valence electrons. The number of nitrogens with zero attached hydrogens (tertiary/aromatic N) is 1. The number of likely N-dealkylation sites (tertiary alicyclic amines) is 1. The molecule has 0 aliphatic carbocycles. The summed E-state index contributed by atoms with van der Waals surface area (Å²) in [5, 5.41) is 3.62. The summed E-state index contributed by atoms with van der Waals surface area (Å²) in [7, 11) is 0. The van der Waals surface area contributed by atoms with Crippen molar-refractivity contribution in [1.29, 1.82) is 0 Å². The van der Waals surface area contributed by atoms with Gasteiger partial charge in [0.15, 0.2) is 0 Å². The van der Waals surface area contributed by atoms with Crippen LogP contribution in [0.15, 0.2) is 51.4 Å². The molecule has 1 saturated heterocycles. The summed E-state index contributed by atoms with van der Waals surface area (Å²) in [6.45, 7) is 7.12. The first-order valence-electron chi connectivity index (χ1n) is 9.26. The lowest BCUT2D eigenvalue weighted by molar-refractivity contribution is 0.260. The van der Waals surface area contributed by atoms with Gasteiger partial charge in [-0.3, -0.25) is 4.90 Å². The maximum atomic E-state index is 6.00. The molecule has 26 heavy (non-hydrogen) atoms. The number of nitrogens with one attached hydrogen (secondary N) is 1. The van der Waals surface area contributed by atoms with Gasteiger partial charge in [0.1, 0.15) is 12.4 Å². The van der Waals surface area contributed by atoms with E-state index in [1.807, 2.05) is 18.2 Å². The fourth-order valence-electron chi connectivity index (χ4n) is 3.51. The third kappa shape index (κ3) is 5.32. The lowest BCUT2D eigenvalue weighted by atomic mass is 10.2. The van der Waals surface area contributed by atoms with Gasteiger partial charge in [0, 0.05) is 19.1 Å². The number of ether oxygens (including phenoxy) is 1. The first-order chi connectivity index (χ1) is 12.7. The van der Waals surface area contributed by atoms with Crippen LogP contribution in [0.3, 0.4) is 0 Å². The highest BCUT2D eigenvalue weighted by Gasteiger charge is 2.22. The Bertz CT molecular complexity index is 685. The van der Waals surface area contributed by atoms with E-state index in [4.69, 9.17) is 4.74 Å². The molecule has 0 unspecified atom stereocenters. The van der Waals surface area contributed by atoms with Crippen molar-refractivity contribution in [2.75, 3.05) is 19.6 Å². The van der Waals surface area contributed by atoms with Crippen molar-refractivity contribution in [3.8, 4) is 5.75 Å². The minimum absolute atomic E-state index is 0.560. The van der Waals surface area contributed by atoms with E-state index in [0.29, 0.717) is 12.6 Å². The van der Waals surface area contributed by atoms with Gasteiger partial charge in [0.2, 0.25) is 0 Å². The molecule has 3 rings (SSSR count). The Morgan fingerprint density at radius 1 is 1.12 bits per heavy atom. The number of hydrogen-bond acceptors (Lipinski definition) is 3. The van der Waals surface area contributed by atoms with Crippen LogP contribution in [0.1, 0.15) is 30.9 Å². The number of benzene rings is 2. The SMILES string of the molecule is CCN1CCC[C@H]1CNCc1cc(Br)c(OCc2ccccc2)c(Br)c1. The quantitative estimate of drug-likeness (QED) is 0.548. The van der Waals surface area contributed by atoms with E-state index in [-0.39, 0.29) is 0 Å². The zero-order valence-electron chi connectivity index (χ0n) is 15.2. The van der Waals surface area contributed by atoms with Crippen LogP contribution in [0.25, 0.3) is 0 Å². The molecule has 2 aromatic carbocycles. The van der Waals surface area contributed by atoms with E-state index in [1.165, 1.54) is 24.9 Å². The van der Waals surface area contributed by atoms with Crippen molar-refractivity contribution >= 4 is 31.9 Å². The third-order valence-electron chi connectivity index (χ3n) is 4.90. The molecule has 1 aliphatic heterocycles. The molecule has 0 radical (unpaired) electrons. The lowest BCUT2D eigenvalue weighted by Gasteiger charge is -2.23. The van der Waals surface area contributed by atoms with Gasteiger partial charge in [-0.1, -0.05) is 37.3 Å². The van der Waals surface area contributed by atoms with Crippen LogP contribution in [0, 0.1) is 0 Å². The van der Waals surface area contributed by atoms with Crippen molar-refractivity contribution in [2.45, 2.75) is 39.0 Å². The fraction of sp³-hybridized carbons (Fsp3) is 0.429. The van der Waals surface area contributed by atoms with Gasteiger partial charge < -0.3 is 10.1 Å². The highest BCUT2D eigenvalue weighted by molar-refractivity contribution is 9.11. The van der Waals surface area contributed by atoms with Crippen molar-refractivity contribution in [3.05, 3.63) is 62.5 Å². The van der Waals surface area contributed by atoms with Crippen molar-refractivity contribution in [3.63, 3.8) is 0 Å². The van der Waals surface area contributed by atoms with E-state index in [9.17, 15) is 0 Å². The van der Waals surface area contributed by atoms with Gasteiger partial charge in [0.25, 0.3) is 0 Å². The molecule has 0 aromatic heterocycles. The fourth-order valence-corrected chi connectivity index (χ4v) is 5.02. The third-order valence-corrected chi connectivity index (χ3v) is 6.08. The Hall–Kier alpha value is -0.880. The predicted octanol–water partition coefficient (Wildman–Crippen LogP) is 5.36. The van der Waals surface area contributed by atoms with Crippen molar-refractivity contribution in [2.24, 2.45) is 0 Å². The monoisotopic (exact) mass is 480 g/mol. The van der Waals surface area contributed by atoms with Crippen LogP contribution in [0.5, 0.6) is 5.75 Å². The van der Waals surface area contributed by atoms with Gasteiger partial charge in [-0.2, -0.15) is 0 Å². The Kier molecular flexibility index (Phi) is 7.55. The highest BCUT2D eigenvalue weighted by Crippen LogP contribution is 2.35. The maximum Gasteiger partial charge on any atom is 0.148 e. The molecule has 0 spiro atoms. The molecular formula is C21H26Br2N2O. The average molecular weight is 482 g/mol. The molecule has 0 saturated carbocycles. The van der Waals surface area contributed by atoms with E-state index < -0.39 is 0 Å². The summed E-state index contributed by atoms with van der Waals surface area (Å²) in [5.74, 6) is 0.852. The normalized spacial score (nSPS) is 17.6. The minimum Gasteiger partial charge on any atom is -0.487 e. The van der Waals surface area contributed by atoms with Crippen molar-refractivity contribution < 1.29 is 4.74 Å². The minimum atomic E-state index is 0.560. The summed E-state index contributed by atoms with van der Waals surface area (Å²) in [4.78, 5) is 2.57. The van der Waals surface area contributed by atoms with Gasteiger partial charge in [0.05, 0.1) is 8.95 Å². The van der Waals surface area contributed by atoms with Gasteiger partial charge in [-0.05, 0) is 81.1 Å². The van der Waals surface area contributed by atoms with Gasteiger partial charge >= 0.3 is 0 Å². The average Bonchev–Trinajstić information content (AvgIpc) is 3.09. The topological polar surface area (TPSA) is 24.5 Å². The lowest BCUT2D eigenvalue weighted by Crippen LogP contribution is -2.37. The first-order valence-corrected chi connectivity index (χ1v) is 10.9. The number of hydrogen-bond donors (Lipinski definition) is 1. The van der Waals surface area contributed by atoms with Crippen molar-refractivity contribution in [1.82, 2.24) is 10.2 Å². The molecular weight excluding hydrogens is 456 g/mol. The zero-order valence-corrected chi connectivity index (χ0v) is 18.4. The molecule has 1 N–H and O–H groups in total. The van der Waals surface area contributed by atoms with E-state index in [0.717, 1.165) is 39.9 Å². The van der Waals surface area contributed by atoms with E-state index in [1.54, 1.807) is 0 Å². The Morgan fingerprint density at radius 2 is 1.85 bits per heavy atom. The molecule has 1 heterocycles. The summed E-state index contributed by atoms with van der Waals surface area (Å²) >= 11 is 7.32. The van der Waals surface area contributed by atoms with Gasteiger partial charge in [-0.15, -0.1) is 0 Å². The van der Waals surface area contributed by atoms with Gasteiger partial charge in [-0.25, -0.2) is 0 Å². The Labute approximate surface area is 173 Å². The zero-order chi connectivity index (χ0) is 18.4. The van der Waals surface area contributed by atoms with Crippen LogP contribution in [-0.4, -0.2) is 30.6 Å². The van der Waals surface area contributed by atoms with Crippen LogP contribution in [-0.2, 0) is 13.2 Å². The second-order valence-electron chi connectivity index (χ2n) is 6.72. The molecule has 0 amide bonds. The molecule has 0 bridgehead atoms. The Balaban J connectivity index is 1.55. The maximum absolute atomic E-state index is 6.00. The van der Waals surface area contributed by atoms with Crippen LogP contribution >= 0.6 is 31.9 Å². The summed E-state index contributed by atoms with van der Waals surface area (Å²) in [6, 6.07) is 15.2. The van der Waals surface area contributed by atoms with E-state index in [2.05, 4.69) is 73.3 Å². The second kappa shape index (κ2) is 9.88. The van der Waals surface area contributed by atoms with Crippen LogP contribution in [0.4, 0.5) is 0 Å². The summed E-state index contributed by atoms with van der Waals surface area (Å²) in [5.41, 5.74) is 2.41. The molecule has 1 atom stereocenters. The summed E-state index contributed by atoms with van der Waals surface area (Å²) < 4.78 is 7.97. The van der Waals surface area contributed by atoms with E-state index >= 15 is 0 Å². The Morgan fingerprint density at radius 3 is 2.54 bits per heavy atom. The van der Waals surface area contributed by atoms with Crippen LogP contribution in [0.2, 0.25) is 0 Å². The number of halogens is 2. The number of likely N-dealkylation sites (N-methyl/N-ethyl adjacent to an activating group) is 1. The first kappa shape index (κ1) is 19.9. The largest absolute Gasteiger partial charge is 0.487 e. The smallest absolute Gasteiger partial charge is 0.148 e. The second-order valence-corrected chi connectivity index (χ2v) is 8.43. The molecule has 3 nitrogen and oxygen atoms in total.